The van der Waals surface area contributed by atoms with Crippen molar-refractivity contribution in [2.75, 3.05) is 25.5 Å². The number of anilines is 1. The van der Waals surface area contributed by atoms with Crippen molar-refractivity contribution in [3.63, 3.8) is 0 Å². The summed E-state index contributed by atoms with van der Waals surface area (Å²) in [4.78, 5) is 30.5. The molecule has 1 saturated heterocycles. The van der Waals surface area contributed by atoms with Crippen molar-refractivity contribution in [1.29, 1.82) is 0 Å². The van der Waals surface area contributed by atoms with Gasteiger partial charge in [-0.15, -0.1) is 0 Å². The number of nitrogens with zero attached hydrogens (tertiary/aromatic N) is 4. The molecule has 8 nitrogen and oxygen atoms in total. The zero-order valence-corrected chi connectivity index (χ0v) is 14.0. The summed E-state index contributed by atoms with van der Waals surface area (Å²) in [5.41, 5.74) is 0.420. The Morgan fingerprint density at radius 3 is 2.83 bits per heavy atom. The van der Waals surface area contributed by atoms with E-state index in [1.54, 1.807) is 29.9 Å². The summed E-state index contributed by atoms with van der Waals surface area (Å²) < 4.78 is 1.67. The molecule has 0 spiro atoms. The lowest BCUT2D eigenvalue weighted by Gasteiger charge is -2.31. The van der Waals surface area contributed by atoms with E-state index in [0.29, 0.717) is 31.0 Å². The lowest BCUT2D eigenvalue weighted by Crippen LogP contribution is -2.39. The van der Waals surface area contributed by atoms with Gasteiger partial charge in [0.2, 0.25) is 0 Å². The molecule has 0 saturated carbocycles. The second kappa shape index (κ2) is 6.86. The van der Waals surface area contributed by atoms with Crippen LogP contribution in [-0.4, -0.2) is 50.7 Å². The van der Waals surface area contributed by atoms with Crippen molar-refractivity contribution < 1.29 is 4.79 Å². The maximum Gasteiger partial charge on any atom is 0.343 e. The molecule has 128 valence electrons. The highest BCUT2D eigenvalue weighted by atomic mass is 16.2. The molecule has 2 aromatic rings. The number of pyridine rings is 1. The highest BCUT2D eigenvalue weighted by Crippen LogP contribution is 2.27. The topological polar surface area (TPSA) is 95.9 Å². The van der Waals surface area contributed by atoms with Crippen molar-refractivity contribution in [1.82, 2.24) is 24.6 Å². The summed E-state index contributed by atoms with van der Waals surface area (Å²) in [5.74, 6) is 1.58. The number of aromatic amines is 1. The monoisotopic (exact) mass is 330 g/mol. The minimum atomic E-state index is -0.167. The summed E-state index contributed by atoms with van der Waals surface area (Å²) in [6, 6.07) is 3.56. The van der Waals surface area contributed by atoms with Crippen molar-refractivity contribution >= 4 is 11.7 Å². The number of H-pyrrole nitrogens is 1. The third-order valence-corrected chi connectivity index (χ3v) is 4.53. The molecule has 0 aliphatic carbocycles. The predicted octanol–water partition coefficient (Wildman–Crippen LogP) is 1.05. The van der Waals surface area contributed by atoms with Gasteiger partial charge < -0.3 is 10.2 Å². The largest absolute Gasteiger partial charge is 0.372 e. The Balaban J connectivity index is 1.71. The van der Waals surface area contributed by atoms with E-state index in [-0.39, 0.29) is 17.5 Å². The number of aromatic nitrogens is 4. The quantitative estimate of drug-likeness (QED) is 0.873. The van der Waals surface area contributed by atoms with Crippen LogP contribution < -0.4 is 11.0 Å². The average molecular weight is 330 g/mol. The van der Waals surface area contributed by atoms with Gasteiger partial charge in [0.25, 0.3) is 5.91 Å². The SMILES string of the molecule is CCn1c(C2CCN(C(=O)c3cccnc3NC)CC2)n[nH]c1=O. The van der Waals surface area contributed by atoms with Crippen LogP contribution >= 0.6 is 0 Å². The number of likely N-dealkylation sites (tertiary alicyclic amines) is 1. The Kier molecular flexibility index (Phi) is 4.64. The van der Waals surface area contributed by atoms with Crippen LogP contribution in [0.2, 0.25) is 0 Å². The zero-order valence-electron chi connectivity index (χ0n) is 14.0. The van der Waals surface area contributed by atoms with Crippen molar-refractivity contribution in [2.45, 2.75) is 32.2 Å². The lowest BCUT2D eigenvalue weighted by atomic mass is 9.95. The van der Waals surface area contributed by atoms with Crippen LogP contribution in [0.4, 0.5) is 5.82 Å². The highest BCUT2D eigenvalue weighted by Gasteiger charge is 2.28. The Morgan fingerprint density at radius 1 is 1.42 bits per heavy atom. The number of carbonyl (C=O) groups is 1. The maximum absolute atomic E-state index is 12.7. The zero-order chi connectivity index (χ0) is 17.1. The van der Waals surface area contributed by atoms with Gasteiger partial charge in [0.1, 0.15) is 11.6 Å². The van der Waals surface area contributed by atoms with E-state index in [1.165, 1.54) is 0 Å². The Morgan fingerprint density at radius 2 is 2.17 bits per heavy atom. The maximum atomic E-state index is 12.7. The predicted molar refractivity (Wildman–Crippen MR) is 90.2 cm³/mol. The number of nitrogens with one attached hydrogen (secondary N) is 2. The number of amides is 1. The summed E-state index contributed by atoms with van der Waals surface area (Å²) in [5, 5.41) is 9.65. The molecule has 3 rings (SSSR count). The third kappa shape index (κ3) is 2.91. The van der Waals surface area contributed by atoms with E-state index in [1.807, 2.05) is 11.8 Å². The summed E-state index contributed by atoms with van der Waals surface area (Å²) in [6.07, 6.45) is 3.26. The second-order valence-corrected chi connectivity index (χ2v) is 5.85. The number of hydrogen-bond donors (Lipinski definition) is 2. The van der Waals surface area contributed by atoms with Gasteiger partial charge in [0.15, 0.2) is 0 Å². The van der Waals surface area contributed by atoms with Gasteiger partial charge in [-0.1, -0.05) is 0 Å². The second-order valence-electron chi connectivity index (χ2n) is 5.85. The lowest BCUT2D eigenvalue weighted by molar-refractivity contribution is 0.0711. The molecule has 2 N–H and O–H groups in total. The van der Waals surface area contributed by atoms with Crippen molar-refractivity contribution in [3.05, 3.63) is 40.2 Å². The summed E-state index contributed by atoms with van der Waals surface area (Å²) in [7, 11) is 1.76. The first-order valence-corrected chi connectivity index (χ1v) is 8.22. The smallest absolute Gasteiger partial charge is 0.343 e. The van der Waals surface area contributed by atoms with Crippen LogP contribution in [-0.2, 0) is 6.54 Å². The van der Waals surface area contributed by atoms with Crippen LogP contribution in [0.1, 0.15) is 41.9 Å². The summed E-state index contributed by atoms with van der Waals surface area (Å²) in [6.45, 7) is 3.82. The first-order valence-electron chi connectivity index (χ1n) is 8.22. The fourth-order valence-electron chi connectivity index (χ4n) is 3.24. The molecule has 1 fully saturated rings. The van der Waals surface area contributed by atoms with Crippen molar-refractivity contribution in [3.8, 4) is 0 Å². The van der Waals surface area contributed by atoms with Crippen LogP contribution in [0, 0.1) is 0 Å². The normalized spacial score (nSPS) is 15.5. The van der Waals surface area contributed by atoms with E-state index < -0.39 is 0 Å². The third-order valence-electron chi connectivity index (χ3n) is 4.53. The van der Waals surface area contributed by atoms with Gasteiger partial charge in [-0.3, -0.25) is 9.36 Å². The van der Waals surface area contributed by atoms with Crippen molar-refractivity contribution in [2.24, 2.45) is 0 Å². The van der Waals surface area contributed by atoms with Gasteiger partial charge in [0.05, 0.1) is 5.56 Å². The Bertz CT molecular complexity index is 773. The number of piperidine rings is 1. The standard InChI is InChI=1S/C16H22N6O2/c1-3-22-14(19-20-16(22)24)11-6-9-21(10-7-11)15(23)12-5-4-8-18-13(12)17-2/h4-5,8,11H,3,6-7,9-10H2,1-2H3,(H,17,18)(H,20,24). The molecular weight excluding hydrogens is 308 g/mol. The Labute approximate surface area is 139 Å². The van der Waals surface area contributed by atoms with Gasteiger partial charge >= 0.3 is 5.69 Å². The van der Waals surface area contributed by atoms with Crippen LogP contribution in [0.25, 0.3) is 0 Å². The molecule has 8 heteroatoms. The molecule has 1 aliphatic rings. The molecule has 2 aromatic heterocycles. The molecule has 0 radical (unpaired) electrons. The molecule has 0 unspecified atom stereocenters. The molecule has 0 atom stereocenters. The van der Waals surface area contributed by atoms with Gasteiger partial charge in [-0.2, -0.15) is 5.10 Å². The van der Waals surface area contributed by atoms with Gasteiger partial charge in [-0.25, -0.2) is 14.9 Å². The Hall–Kier alpha value is -2.64. The summed E-state index contributed by atoms with van der Waals surface area (Å²) >= 11 is 0. The van der Waals surface area contributed by atoms with E-state index in [0.717, 1.165) is 18.7 Å². The van der Waals surface area contributed by atoms with E-state index in [4.69, 9.17) is 0 Å². The molecule has 3 heterocycles. The van der Waals surface area contributed by atoms with E-state index >= 15 is 0 Å². The van der Waals surface area contributed by atoms with Crippen LogP contribution in [0.5, 0.6) is 0 Å². The minimum absolute atomic E-state index is 0.0131. The van der Waals surface area contributed by atoms with E-state index in [2.05, 4.69) is 20.5 Å². The first kappa shape index (κ1) is 16.2. The molecule has 1 amide bonds. The minimum Gasteiger partial charge on any atom is -0.372 e. The highest BCUT2D eigenvalue weighted by molar-refractivity contribution is 5.98. The average Bonchev–Trinajstić information content (AvgIpc) is 3.01. The van der Waals surface area contributed by atoms with Gasteiger partial charge in [0, 0.05) is 38.8 Å². The number of hydrogen-bond acceptors (Lipinski definition) is 5. The molecule has 0 aromatic carbocycles. The van der Waals surface area contributed by atoms with Gasteiger partial charge in [-0.05, 0) is 31.9 Å². The first-order chi connectivity index (χ1) is 11.7. The van der Waals surface area contributed by atoms with Crippen LogP contribution in [0.3, 0.4) is 0 Å². The molecule has 1 aliphatic heterocycles. The number of rotatable bonds is 4. The molecule has 24 heavy (non-hydrogen) atoms. The van der Waals surface area contributed by atoms with Crippen LogP contribution in [0.15, 0.2) is 23.1 Å². The fourth-order valence-corrected chi connectivity index (χ4v) is 3.24. The molecular formula is C16H22N6O2. The fraction of sp³-hybridized carbons (Fsp3) is 0.500. The van der Waals surface area contributed by atoms with E-state index in [9.17, 15) is 9.59 Å². The molecule has 0 bridgehead atoms. The number of carbonyl (C=O) groups excluding carboxylic acids is 1.